The Hall–Kier alpha value is -3.09. The number of ether oxygens (including phenoxy) is 1. The van der Waals surface area contributed by atoms with E-state index >= 15 is 0 Å². The molecule has 1 unspecified atom stereocenters. The van der Waals surface area contributed by atoms with Crippen molar-refractivity contribution in [2.75, 3.05) is 26.3 Å². The summed E-state index contributed by atoms with van der Waals surface area (Å²) >= 11 is 0. The lowest BCUT2D eigenvalue weighted by molar-refractivity contribution is 0.0150. The number of Topliss-reactive ketones (excluding diaryl/α,β-unsaturated/α-hetero) is 1. The average Bonchev–Trinajstić information content (AvgIpc) is 3.71. The van der Waals surface area contributed by atoms with Gasteiger partial charge in [-0.25, -0.2) is 4.68 Å². The molecule has 3 heterocycles. The predicted molar refractivity (Wildman–Crippen MR) is 145 cm³/mol. The number of pyridine rings is 1. The van der Waals surface area contributed by atoms with Crippen molar-refractivity contribution in [3.05, 3.63) is 82.4 Å². The van der Waals surface area contributed by atoms with Gasteiger partial charge in [0.1, 0.15) is 0 Å². The molecular weight excluding hydrogens is 460 g/mol. The van der Waals surface area contributed by atoms with Crippen molar-refractivity contribution in [2.45, 2.75) is 64.3 Å². The van der Waals surface area contributed by atoms with E-state index in [2.05, 4.69) is 53.3 Å². The van der Waals surface area contributed by atoms with Gasteiger partial charge in [0.25, 0.3) is 0 Å². The number of benzene rings is 1. The number of hydrogen-bond donors (Lipinski definition) is 0. The Morgan fingerprint density at radius 2 is 1.84 bits per heavy atom. The van der Waals surface area contributed by atoms with Crippen LogP contribution in [0, 0.1) is 13.8 Å². The lowest BCUT2D eigenvalue weighted by Crippen LogP contribution is -2.43. The molecule has 0 amide bonds. The fourth-order valence-corrected chi connectivity index (χ4v) is 5.90. The van der Waals surface area contributed by atoms with Crippen LogP contribution in [0.5, 0.6) is 0 Å². The van der Waals surface area contributed by atoms with Gasteiger partial charge >= 0.3 is 0 Å². The van der Waals surface area contributed by atoms with Crippen LogP contribution in [0.15, 0.2) is 48.8 Å². The molecule has 1 saturated heterocycles. The van der Waals surface area contributed by atoms with Crippen molar-refractivity contribution in [3.63, 3.8) is 0 Å². The maximum atomic E-state index is 13.2. The topological polar surface area (TPSA) is 60.2 Å². The molecule has 3 aromatic rings. The van der Waals surface area contributed by atoms with Gasteiger partial charge in [0.05, 0.1) is 42.0 Å². The standard InChI is InChI=1S/C31H36N4O2/c1-21-17-23(19-32-31(21)26-7-9-27(10-8-26)34-13-15-37-16-14-34)18-30(36)29-20-33-35(22(29)2)28-11-5-25(6-12-28)24-3-4-24/h5-7,11-12,17,19-20,24,27H,3-4,8-10,13-16,18H2,1-2H3. The lowest BCUT2D eigenvalue weighted by atomic mass is 9.90. The van der Waals surface area contributed by atoms with Gasteiger partial charge in [-0.3, -0.25) is 14.7 Å². The van der Waals surface area contributed by atoms with Gasteiger partial charge < -0.3 is 4.74 Å². The van der Waals surface area contributed by atoms with Crippen LogP contribution in [0.25, 0.3) is 11.3 Å². The Bertz CT molecular complexity index is 1310. The first-order valence-corrected chi connectivity index (χ1v) is 13.7. The summed E-state index contributed by atoms with van der Waals surface area (Å²) in [6.07, 6.45) is 12.2. The summed E-state index contributed by atoms with van der Waals surface area (Å²) in [5.74, 6) is 0.812. The molecule has 2 aliphatic carbocycles. The van der Waals surface area contributed by atoms with Gasteiger partial charge in [-0.2, -0.15) is 5.10 Å². The van der Waals surface area contributed by atoms with Crippen molar-refractivity contribution in [1.82, 2.24) is 19.7 Å². The summed E-state index contributed by atoms with van der Waals surface area (Å²) in [7, 11) is 0. The van der Waals surface area contributed by atoms with Crippen molar-refractivity contribution in [1.29, 1.82) is 0 Å². The third kappa shape index (κ3) is 5.18. The molecule has 6 rings (SSSR count). The molecule has 2 fully saturated rings. The summed E-state index contributed by atoms with van der Waals surface area (Å²) in [4.78, 5) is 20.6. The first-order chi connectivity index (χ1) is 18.1. The molecule has 3 aliphatic rings. The molecule has 1 aliphatic heterocycles. The molecule has 0 spiro atoms. The second-order valence-electron chi connectivity index (χ2n) is 10.8. The zero-order valence-electron chi connectivity index (χ0n) is 21.9. The predicted octanol–water partition coefficient (Wildman–Crippen LogP) is 5.46. The zero-order valence-corrected chi connectivity index (χ0v) is 21.9. The number of morpholine rings is 1. The highest BCUT2D eigenvalue weighted by Gasteiger charge is 2.25. The minimum absolute atomic E-state index is 0.0811. The third-order valence-corrected chi connectivity index (χ3v) is 8.25. The number of aromatic nitrogens is 3. The number of rotatable bonds is 7. The van der Waals surface area contributed by atoms with E-state index in [4.69, 9.17) is 9.72 Å². The van der Waals surface area contributed by atoms with Crippen LogP contribution in [0.1, 0.15) is 76.5 Å². The van der Waals surface area contributed by atoms with Gasteiger partial charge in [-0.15, -0.1) is 0 Å². The Balaban J connectivity index is 1.12. The largest absolute Gasteiger partial charge is 0.379 e. The van der Waals surface area contributed by atoms with Gasteiger partial charge in [-0.05, 0) is 86.3 Å². The van der Waals surface area contributed by atoms with Gasteiger partial charge in [0.2, 0.25) is 0 Å². The maximum absolute atomic E-state index is 13.2. The van der Waals surface area contributed by atoms with Crippen molar-refractivity contribution >= 4 is 11.4 Å². The van der Waals surface area contributed by atoms with Gasteiger partial charge in [-0.1, -0.05) is 24.3 Å². The summed E-state index contributed by atoms with van der Waals surface area (Å²) in [6, 6.07) is 11.3. The van der Waals surface area contributed by atoms with Crippen LogP contribution < -0.4 is 0 Å². The van der Waals surface area contributed by atoms with Crippen molar-refractivity contribution in [2.24, 2.45) is 0 Å². The monoisotopic (exact) mass is 496 g/mol. The highest BCUT2D eigenvalue weighted by atomic mass is 16.5. The molecule has 192 valence electrons. The summed E-state index contributed by atoms with van der Waals surface area (Å²) in [5.41, 5.74) is 8.47. The molecule has 37 heavy (non-hydrogen) atoms. The number of ketones is 1. The number of aryl methyl sites for hydroxylation is 1. The minimum atomic E-state index is 0.0811. The summed E-state index contributed by atoms with van der Waals surface area (Å²) in [6.45, 7) is 7.86. The summed E-state index contributed by atoms with van der Waals surface area (Å²) < 4.78 is 7.38. The number of nitrogens with zero attached hydrogens (tertiary/aromatic N) is 4. The smallest absolute Gasteiger partial charge is 0.170 e. The molecule has 0 N–H and O–H groups in total. The van der Waals surface area contributed by atoms with Crippen LogP contribution in [0.3, 0.4) is 0 Å². The van der Waals surface area contributed by atoms with E-state index in [1.54, 1.807) is 6.20 Å². The van der Waals surface area contributed by atoms with Crippen LogP contribution in [0.4, 0.5) is 0 Å². The number of allylic oxidation sites excluding steroid dienone is 1. The van der Waals surface area contributed by atoms with E-state index < -0.39 is 0 Å². The SMILES string of the molecule is Cc1cc(CC(=O)c2cnn(-c3ccc(C4CC4)cc3)c2C)cnc1C1=CCC(N2CCOCC2)CC1. The Kier molecular flexibility index (Phi) is 6.78. The minimum Gasteiger partial charge on any atom is -0.379 e. The highest BCUT2D eigenvalue weighted by molar-refractivity contribution is 5.98. The Labute approximate surface area is 219 Å². The third-order valence-electron chi connectivity index (χ3n) is 8.25. The number of carbonyl (C=O) groups excluding carboxylic acids is 1. The molecule has 2 aromatic heterocycles. The molecule has 6 nitrogen and oxygen atoms in total. The molecule has 1 aromatic carbocycles. The van der Waals surface area contributed by atoms with E-state index in [1.165, 1.54) is 30.4 Å². The summed E-state index contributed by atoms with van der Waals surface area (Å²) in [5, 5.41) is 4.53. The second-order valence-corrected chi connectivity index (χ2v) is 10.8. The van der Waals surface area contributed by atoms with E-state index in [1.807, 2.05) is 17.8 Å². The van der Waals surface area contributed by atoms with Gasteiger partial charge in [0.15, 0.2) is 5.78 Å². The molecule has 0 bridgehead atoms. The second kappa shape index (κ2) is 10.3. The van der Waals surface area contributed by atoms with Crippen LogP contribution in [-0.4, -0.2) is 57.8 Å². The maximum Gasteiger partial charge on any atom is 0.170 e. The average molecular weight is 497 g/mol. The van der Waals surface area contributed by atoms with Crippen LogP contribution in [0.2, 0.25) is 0 Å². The first-order valence-electron chi connectivity index (χ1n) is 13.7. The fourth-order valence-electron chi connectivity index (χ4n) is 5.90. The molecule has 1 atom stereocenters. The van der Waals surface area contributed by atoms with Gasteiger partial charge in [0, 0.05) is 31.7 Å². The van der Waals surface area contributed by atoms with E-state index in [9.17, 15) is 4.79 Å². The number of carbonyl (C=O) groups is 1. The Morgan fingerprint density at radius 1 is 1.05 bits per heavy atom. The quantitative estimate of drug-likeness (QED) is 0.407. The molecule has 0 radical (unpaired) electrons. The zero-order chi connectivity index (χ0) is 25.4. The number of hydrogen-bond acceptors (Lipinski definition) is 5. The molecular formula is C31H36N4O2. The van der Waals surface area contributed by atoms with Crippen molar-refractivity contribution in [3.8, 4) is 5.69 Å². The highest BCUT2D eigenvalue weighted by Crippen LogP contribution is 2.40. The van der Waals surface area contributed by atoms with Crippen LogP contribution >= 0.6 is 0 Å². The fraction of sp³-hybridized carbons (Fsp3) is 0.452. The van der Waals surface area contributed by atoms with Crippen molar-refractivity contribution < 1.29 is 9.53 Å². The normalized spacial score (nSPS) is 20.6. The molecule has 1 saturated carbocycles. The van der Waals surface area contributed by atoms with E-state index in [0.717, 1.165) is 73.3 Å². The van der Waals surface area contributed by atoms with Crippen LogP contribution in [-0.2, 0) is 11.2 Å². The lowest BCUT2D eigenvalue weighted by Gasteiger charge is -2.36. The van der Waals surface area contributed by atoms with E-state index in [-0.39, 0.29) is 5.78 Å². The first kappa shape index (κ1) is 24.3. The van der Waals surface area contributed by atoms with E-state index in [0.29, 0.717) is 18.0 Å². The Morgan fingerprint density at radius 3 is 2.51 bits per heavy atom. The molecule has 6 heteroatoms.